The van der Waals surface area contributed by atoms with Gasteiger partial charge in [0.25, 0.3) is 5.91 Å². The normalized spacial score (nSPS) is 11.5. The molecule has 0 saturated carbocycles. The quantitative estimate of drug-likeness (QED) is 0.341. The van der Waals surface area contributed by atoms with Crippen molar-refractivity contribution in [2.45, 2.75) is 91.4 Å². The maximum absolute atomic E-state index is 11.2. The van der Waals surface area contributed by atoms with Gasteiger partial charge in [-0.2, -0.15) is 0 Å². The van der Waals surface area contributed by atoms with Crippen LogP contribution < -0.4 is 0 Å². The standard InChI is InChI=1S/C16H31NO2/c1-4-5-6-7-8-9-10-11-12-13-14-16(2,3)15(18)17-19/h4-14H2,1-3H3. The molecule has 0 aliphatic carbocycles. The van der Waals surface area contributed by atoms with Gasteiger partial charge in [-0.1, -0.05) is 85.0 Å². The predicted octanol–water partition coefficient (Wildman–Crippen LogP) is 5.62. The van der Waals surface area contributed by atoms with E-state index in [2.05, 4.69) is 12.1 Å². The zero-order chi connectivity index (χ0) is 14.6. The van der Waals surface area contributed by atoms with Gasteiger partial charge in [0.15, 0.2) is 0 Å². The van der Waals surface area contributed by atoms with Crippen molar-refractivity contribution in [2.75, 3.05) is 0 Å². The van der Waals surface area contributed by atoms with Crippen LogP contribution in [-0.2, 0) is 4.79 Å². The average Bonchev–Trinajstić information content (AvgIpc) is 2.39. The lowest BCUT2D eigenvalue weighted by molar-refractivity contribution is -0.126. The smallest absolute Gasteiger partial charge is 0.268 e. The fraction of sp³-hybridized carbons (Fsp3) is 0.938. The van der Waals surface area contributed by atoms with E-state index < -0.39 is 11.3 Å². The highest BCUT2D eigenvalue weighted by molar-refractivity contribution is 5.82. The minimum Gasteiger partial charge on any atom is -0.268 e. The summed E-state index contributed by atoms with van der Waals surface area (Å²) in [6, 6.07) is 0. The molecular formula is C16H31NO2. The molecule has 1 amide bonds. The minimum absolute atomic E-state index is 0.511. The Morgan fingerprint density at radius 1 is 0.842 bits per heavy atom. The summed E-state index contributed by atoms with van der Waals surface area (Å²) in [5, 5.41) is 2.54. The highest BCUT2D eigenvalue weighted by Gasteiger charge is 2.27. The van der Waals surface area contributed by atoms with E-state index in [1.807, 2.05) is 13.8 Å². The summed E-state index contributed by atoms with van der Waals surface area (Å²) in [6.07, 6.45) is 13.6. The fourth-order valence-electron chi connectivity index (χ4n) is 2.28. The molecule has 0 aromatic heterocycles. The second kappa shape index (κ2) is 11.1. The molecule has 0 N–H and O–H groups in total. The van der Waals surface area contributed by atoms with Gasteiger partial charge >= 0.3 is 0 Å². The molecule has 0 aromatic carbocycles. The van der Waals surface area contributed by atoms with Gasteiger partial charge < -0.3 is 0 Å². The first kappa shape index (κ1) is 18.3. The van der Waals surface area contributed by atoms with Gasteiger partial charge in [-0.05, 0) is 6.42 Å². The lowest BCUT2D eigenvalue weighted by Gasteiger charge is -2.18. The maximum atomic E-state index is 11.2. The summed E-state index contributed by atoms with van der Waals surface area (Å²) in [7, 11) is 0. The van der Waals surface area contributed by atoms with Crippen LogP contribution in [0.1, 0.15) is 91.4 Å². The van der Waals surface area contributed by atoms with Crippen molar-refractivity contribution in [3.8, 4) is 0 Å². The summed E-state index contributed by atoms with van der Waals surface area (Å²) in [6.45, 7) is 5.86. The maximum Gasteiger partial charge on any atom is 0.291 e. The summed E-state index contributed by atoms with van der Waals surface area (Å²) >= 11 is 0. The van der Waals surface area contributed by atoms with Gasteiger partial charge in [-0.25, -0.2) is 0 Å². The van der Waals surface area contributed by atoms with Crippen molar-refractivity contribution in [3.05, 3.63) is 4.91 Å². The van der Waals surface area contributed by atoms with Crippen LogP contribution in [0.4, 0.5) is 0 Å². The highest BCUT2D eigenvalue weighted by atomic mass is 16.3. The SMILES string of the molecule is CCCCCCCCCCCCC(C)(C)C(=O)N=O. The van der Waals surface area contributed by atoms with E-state index in [0.29, 0.717) is 0 Å². The van der Waals surface area contributed by atoms with Crippen molar-refractivity contribution < 1.29 is 4.79 Å². The highest BCUT2D eigenvalue weighted by Crippen LogP contribution is 2.25. The van der Waals surface area contributed by atoms with Crippen molar-refractivity contribution in [1.82, 2.24) is 0 Å². The molecule has 112 valence electrons. The van der Waals surface area contributed by atoms with Gasteiger partial charge in [-0.15, -0.1) is 4.91 Å². The Hall–Kier alpha value is -0.730. The van der Waals surface area contributed by atoms with E-state index in [-0.39, 0.29) is 0 Å². The number of carbonyl (C=O) groups excluding carboxylic acids is 1. The lowest BCUT2D eigenvalue weighted by Crippen LogP contribution is -2.21. The molecule has 0 atom stereocenters. The molecule has 0 spiro atoms. The minimum atomic E-state index is -0.568. The van der Waals surface area contributed by atoms with E-state index in [0.717, 1.165) is 19.3 Å². The van der Waals surface area contributed by atoms with Crippen molar-refractivity contribution >= 4 is 5.91 Å². The Kier molecular flexibility index (Phi) is 10.7. The number of nitrogens with zero attached hydrogens (tertiary/aromatic N) is 1. The van der Waals surface area contributed by atoms with Crippen LogP contribution in [0.15, 0.2) is 5.18 Å². The molecule has 0 rings (SSSR count). The van der Waals surface area contributed by atoms with Crippen LogP contribution in [0.5, 0.6) is 0 Å². The number of nitroso groups, excluding NO2 is 1. The Morgan fingerprint density at radius 3 is 1.68 bits per heavy atom. The topological polar surface area (TPSA) is 46.5 Å². The zero-order valence-corrected chi connectivity index (χ0v) is 13.0. The number of amides is 1. The number of hydrogen-bond donors (Lipinski definition) is 0. The van der Waals surface area contributed by atoms with E-state index in [1.165, 1.54) is 51.4 Å². The largest absolute Gasteiger partial charge is 0.291 e. The summed E-state index contributed by atoms with van der Waals surface area (Å²) in [4.78, 5) is 21.5. The van der Waals surface area contributed by atoms with Gasteiger partial charge in [-0.3, -0.25) is 4.79 Å². The summed E-state index contributed by atoms with van der Waals surface area (Å²) in [5.74, 6) is -0.511. The molecule has 0 bridgehead atoms. The third-order valence-corrected chi connectivity index (χ3v) is 3.82. The van der Waals surface area contributed by atoms with Crippen molar-refractivity contribution in [2.24, 2.45) is 10.6 Å². The van der Waals surface area contributed by atoms with Crippen LogP contribution in [0, 0.1) is 10.3 Å². The number of rotatable bonds is 12. The van der Waals surface area contributed by atoms with E-state index in [9.17, 15) is 9.70 Å². The molecule has 3 nitrogen and oxygen atoms in total. The monoisotopic (exact) mass is 269 g/mol. The predicted molar refractivity (Wildman–Crippen MR) is 81.0 cm³/mol. The number of hydrogen-bond acceptors (Lipinski definition) is 2. The second-order valence-corrected chi connectivity index (χ2v) is 6.21. The summed E-state index contributed by atoms with van der Waals surface area (Å²) < 4.78 is 0. The molecule has 0 radical (unpaired) electrons. The average molecular weight is 269 g/mol. The Labute approximate surface area is 118 Å². The zero-order valence-electron chi connectivity index (χ0n) is 13.0. The van der Waals surface area contributed by atoms with Gasteiger partial charge in [0, 0.05) is 10.6 Å². The first-order chi connectivity index (χ1) is 9.04. The molecule has 0 heterocycles. The van der Waals surface area contributed by atoms with E-state index in [1.54, 1.807) is 0 Å². The van der Waals surface area contributed by atoms with Crippen LogP contribution in [-0.4, -0.2) is 5.91 Å². The summed E-state index contributed by atoms with van der Waals surface area (Å²) in [5.41, 5.74) is -0.568. The van der Waals surface area contributed by atoms with Crippen LogP contribution in [0.2, 0.25) is 0 Å². The Bertz CT molecular complexity index is 249. The first-order valence-corrected chi connectivity index (χ1v) is 7.92. The molecule has 0 fully saturated rings. The van der Waals surface area contributed by atoms with Crippen LogP contribution in [0.3, 0.4) is 0 Å². The van der Waals surface area contributed by atoms with Crippen LogP contribution in [0.25, 0.3) is 0 Å². The Balaban J connectivity index is 3.36. The lowest BCUT2D eigenvalue weighted by atomic mass is 9.86. The molecule has 19 heavy (non-hydrogen) atoms. The van der Waals surface area contributed by atoms with Crippen molar-refractivity contribution in [1.29, 1.82) is 0 Å². The van der Waals surface area contributed by atoms with Gasteiger partial charge in [0.05, 0.1) is 0 Å². The van der Waals surface area contributed by atoms with E-state index >= 15 is 0 Å². The number of unbranched alkanes of at least 4 members (excludes halogenated alkanes) is 9. The van der Waals surface area contributed by atoms with Crippen molar-refractivity contribution in [3.63, 3.8) is 0 Å². The van der Waals surface area contributed by atoms with Crippen LogP contribution >= 0.6 is 0 Å². The molecule has 3 heteroatoms. The first-order valence-electron chi connectivity index (χ1n) is 7.92. The third kappa shape index (κ3) is 9.80. The third-order valence-electron chi connectivity index (χ3n) is 3.82. The molecular weight excluding hydrogens is 238 g/mol. The van der Waals surface area contributed by atoms with E-state index in [4.69, 9.17) is 0 Å². The Morgan fingerprint density at radius 2 is 1.26 bits per heavy atom. The molecule has 0 aliphatic heterocycles. The molecule has 0 aliphatic rings. The number of carbonyl (C=O) groups is 1. The molecule has 0 saturated heterocycles. The van der Waals surface area contributed by atoms with Gasteiger partial charge in [0.2, 0.25) is 0 Å². The fourth-order valence-corrected chi connectivity index (χ4v) is 2.28. The molecule has 0 aromatic rings. The second-order valence-electron chi connectivity index (χ2n) is 6.21. The van der Waals surface area contributed by atoms with Gasteiger partial charge in [0.1, 0.15) is 0 Å². The molecule has 0 unspecified atom stereocenters.